The SMILES string of the molecule is O=C1CCCCCN=NC(=O)CC1. The van der Waals surface area contributed by atoms with Crippen molar-refractivity contribution in [1.82, 2.24) is 0 Å². The third-order valence-electron chi connectivity index (χ3n) is 2.01. The van der Waals surface area contributed by atoms with Gasteiger partial charge in [-0.3, -0.25) is 9.59 Å². The fourth-order valence-electron chi connectivity index (χ4n) is 1.23. The van der Waals surface area contributed by atoms with Crippen molar-refractivity contribution in [2.45, 2.75) is 38.5 Å². The molecule has 0 spiro atoms. The normalized spacial score (nSPS) is 21.2. The second-order valence-electron chi connectivity index (χ2n) is 3.21. The van der Waals surface area contributed by atoms with Gasteiger partial charge >= 0.3 is 0 Å². The van der Waals surface area contributed by atoms with Gasteiger partial charge in [-0.05, 0) is 12.8 Å². The van der Waals surface area contributed by atoms with E-state index in [-0.39, 0.29) is 18.1 Å². The summed E-state index contributed by atoms with van der Waals surface area (Å²) < 4.78 is 0. The number of hydrogen-bond donors (Lipinski definition) is 0. The average molecular weight is 182 g/mol. The van der Waals surface area contributed by atoms with E-state index < -0.39 is 0 Å². The van der Waals surface area contributed by atoms with Gasteiger partial charge in [0.2, 0.25) is 0 Å². The minimum atomic E-state index is -0.268. The summed E-state index contributed by atoms with van der Waals surface area (Å²) in [6.07, 6.45) is 4.00. The lowest BCUT2D eigenvalue weighted by molar-refractivity contribution is -0.123. The van der Waals surface area contributed by atoms with Crippen molar-refractivity contribution in [2.24, 2.45) is 10.2 Å². The summed E-state index contributed by atoms with van der Waals surface area (Å²) in [6.45, 7) is 0.611. The molecule has 4 heteroatoms. The Morgan fingerprint density at radius 2 is 1.77 bits per heavy atom. The van der Waals surface area contributed by atoms with Gasteiger partial charge in [-0.25, -0.2) is 0 Å². The number of ketones is 1. The van der Waals surface area contributed by atoms with E-state index >= 15 is 0 Å². The molecule has 0 bridgehead atoms. The number of azo groups is 1. The zero-order chi connectivity index (χ0) is 9.52. The number of amides is 1. The van der Waals surface area contributed by atoms with Crippen LogP contribution in [0.2, 0.25) is 0 Å². The monoisotopic (exact) mass is 182 g/mol. The van der Waals surface area contributed by atoms with Gasteiger partial charge in [-0.2, -0.15) is 5.11 Å². The molecular weight excluding hydrogens is 168 g/mol. The Hall–Kier alpha value is -1.06. The zero-order valence-corrected chi connectivity index (χ0v) is 7.66. The second kappa shape index (κ2) is 5.56. The van der Waals surface area contributed by atoms with Crippen LogP contribution in [-0.4, -0.2) is 18.2 Å². The Kier molecular flexibility index (Phi) is 4.29. The van der Waals surface area contributed by atoms with Crippen molar-refractivity contribution >= 4 is 11.7 Å². The fraction of sp³-hybridized carbons (Fsp3) is 0.778. The number of carbonyl (C=O) groups excluding carboxylic acids is 2. The van der Waals surface area contributed by atoms with Crippen molar-refractivity contribution in [3.8, 4) is 0 Å². The van der Waals surface area contributed by atoms with Gasteiger partial charge in [0.15, 0.2) is 0 Å². The molecule has 0 aliphatic carbocycles. The molecule has 0 radical (unpaired) electrons. The highest BCUT2D eigenvalue weighted by Gasteiger charge is 2.07. The Morgan fingerprint density at radius 1 is 0.923 bits per heavy atom. The van der Waals surface area contributed by atoms with E-state index in [0.29, 0.717) is 19.4 Å². The molecule has 0 N–H and O–H groups in total. The van der Waals surface area contributed by atoms with E-state index in [4.69, 9.17) is 0 Å². The second-order valence-corrected chi connectivity index (χ2v) is 3.21. The molecule has 0 aromatic carbocycles. The highest BCUT2D eigenvalue weighted by molar-refractivity contribution is 5.85. The first kappa shape index (κ1) is 10.0. The first-order valence-electron chi connectivity index (χ1n) is 4.71. The molecule has 0 unspecified atom stereocenters. The summed E-state index contributed by atoms with van der Waals surface area (Å²) in [5, 5.41) is 7.24. The van der Waals surface area contributed by atoms with Crippen LogP contribution in [0.4, 0.5) is 0 Å². The summed E-state index contributed by atoms with van der Waals surface area (Å²) in [6, 6.07) is 0. The van der Waals surface area contributed by atoms with Crippen LogP contribution < -0.4 is 0 Å². The van der Waals surface area contributed by atoms with Crippen molar-refractivity contribution in [2.75, 3.05) is 6.54 Å². The molecule has 0 atom stereocenters. The Morgan fingerprint density at radius 3 is 2.62 bits per heavy atom. The molecule has 0 fully saturated rings. The number of carbonyl (C=O) groups is 2. The van der Waals surface area contributed by atoms with Crippen molar-refractivity contribution in [3.63, 3.8) is 0 Å². The molecule has 1 rings (SSSR count). The maximum atomic E-state index is 11.1. The first-order chi connectivity index (χ1) is 6.29. The van der Waals surface area contributed by atoms with Crippen LogP contribution in [0.1, 0.15) is 38.5 Å². The van der Waals surface area contributed by atoms with Gasteiger partial charge in [0.25, 0.3) is 5.91 Å². The van der Waals surface area contributed by atoms with Gasteiger partial charge < -0.3 is 0 Å². The van der Waals surface area contributed by atoms with Crippen molar-refractivity contribution in [1.29, 1.82) is 0 Å². The maximum absolute atomic E-state index is 11.1. The highest BCUT2D eigenvalue weighted by atomic mass is 16.2. The smallest absolute Gasteiger partial charge is 0.264 e. The number of hydrogen-bond acceptors (Lipinski definition) is 3. The molecule has 1 aliphatic rings. The highest BCUT2D eigenvalue weighted by Crippen LogP contribution is 2.06. The van der Waals surface area contributed by atoms with Crippen LogP contribution in [0.25, 0.3) is 0 Å². The summed E-state index contributed by atoms with van der Waals surface area (Å²) in [4.78, 5) is 22.1. The molecule has 1 aliphatic heterocycles. The third kappa shape index (κ3) is 4.50. The summed E-state index contributed by atoms with van der Waals surface area (Å²) in [7, 11) is 0. The van der Waals surface area contributed by atoms with Gasteiger partial charge in [-0.15, -0.1) is 5.11 Å². The van der Waals surface area contributed by atoms with E-state index in [0.717, 1.165) is 19.3 Å². The topological polar surface area (TPSA) is 58.9 Å². The van der Waals surface area contributed by atoms with Crippen LogP contribution >= 0.6 is 0 Å². The average Bonchev–Trinajstić information content (AvgIpc) is 2.15. The van der Waals surface area contributed by atoms with Crippen LogP contribution in [0, 0.1) is 0 Å². The fourth-order valence-corrected chi connectivity index (χ4v) is 1.23. The summed E-state index contributed by atoms with van der Waals surface area (Å²) in [5.41, 5.74) is 0. The first-order valence-corrected chi connectivity index (χ1v) is 4.71. The van der Waals surface area contributed by atoms with E-state index in [1.165, 1.54) is 0 Å². The molecule has 4 nitrogen and oxygen atoms in total. The lowest BCUT2D eigenvalue weighted by Crippen LogP contribution is -2.01. The summed E-state index contributed by atoms with van der Waals surface area (Å²) in [5.74, 6) is -0.0966. The van der Waals surface area contributed by atoms with Crippen molar-refractivity contribution in [3.05, 3.63) is 0 Å². The lowest BCUT2D eigenvalue weighted by atomic mass is 10.1. The lowest BCUT2D eigenvalue weighted by Gasteiger charge is -1.96. The van der Waals surface area contributed by atoms with Gasteiger partial charge in [0.05, 0.1) is 6.54 Å². The molecule has 0 aromatic rings. The molecule has 13 heavy (non-hydrogen) atoms. The van der Waals surface area contributed by atoms with Gasteiger partial charge in [0, 0.05) is 19.3 Å². The third-order valence-corrected chi connectivity index (χ3v) is 2.01. The van der Waals surface area contributed by atoms with Crippen LogP contribution in [0.3, 0.4) is 0 Å². The quantitative estimate of drug-likeness (QED) is 0.574. The van der Waals surface area contributed by atoms with Crippen molar-refractivity contribution < 1.29 is 9.59 Å². The maximum Gasteiger partial charge on any atom is 0.264 e. The van der Waals surface area contributed by atoms with Gasteiger partial charge in [0.1, 0.15) is 5.78 Å². The molecular formula is C9H14N2O2. The predicted octanol–water partition coefficient (Wildman–Crippen LogP) is 1.89. The van der Waals surface area contributed by atoms with Crippen LogP contribution in [-0.2, 0) is 9.59 Å². The summed E-state index contributed by atoms with van der Waals surface area (Å²) >= 11 is 0. The van der Waals surface area contributed by atoms with E-state index in [9.17, 15) is 9.59 Å². The van der Waals surface area contributed by atoms with E-state index in [1.807, 2.05) is 0 Å². The Labute approximate surface area is 77.4 Å². The van der Waals surface area contributed by atoms with Gasteiger partial charge in [-0.1, -0.05) is 6.42 Å². The zero-order valence-electron chi connectivity index (χ0n) is 7.66. The number of Topliss-reactive ketones (excluding diaryl/α,β-unsaturated/α-hetero) is 1. The number of rotatable bonds is 0. The van der Waals surface area contributed by atoms with E-state index in [2.05, 4.69) is 10.2 Å². The minimum absolute atomic E-state index is 0.172. The Bertz CT molecular complexity index is 224. The number of nitrogens with zero attached hydrogens (tertiary/aromatic N) is 2. The molecule has 0 saturated carbocycles. The molecule has 72 valence electrons. The largest absolute Gasteiger partial charge is 0.300 e. The molecule has 0 saturated heterocycles. The minimum Gasteiger partial charge on any atom is -0.300 e. The predicted molar refractivity (Wildman–Crippen MR) is 47.4 cm³/mol. The van der Waals surface area contributed by atoms with Crippen LogP contribution in [0.15, 0.2) is 10.2 Å². The molecule has 0 aromatic heterocycles. The van der Waals surface area contributed by atoms with Crippen LogP contribution in [0.5, 0.6) is 0 Å². The Balaban J connectivity index is 2.42. The standard InChI is InChI=1S/C9H14N2O2/c12-8-4-2-1-3-7-10-11-9(13)6-5-8/h1-7H2. The molecule has 1 amide bonds. The van der Waals surface area contributed by atoms with E-state index in [1.54, 1.807) is 0 Å². The molecule has 1 heterocycles.